The minimum Gasteiger partial charge on any atom is -0.352 e. The fourth-order valence-electron chi connectivity index (χ4n) is 2.32. The van der Waals surface area contributed by atoms with Gasteiger partial charge in [-0.25, -0.2) is 0 Å². The number of aryl methyl sites for hydroxylation is 1. The Morgan fingerprint density at radius 3 is 2.80 bits per heavy atom. The fraction of sp³-hybridized carbons (Fsp3) is 0.500. The molecule has 0 spiro atoms. The maximum Gasteiger partial charge on any atom is 0.389 e. The first-order chi connectivity index (χ1) is 9.37. The Labute approximate surface area is 115 Å². The zero-order chi connectivity index (χ0) is 14.8. The van der Waals surface area contributed by atoms with Gasteiger partial charge in [-0.1, -0.05) is 12.1 Å². The standard InChI is InChI=1S/C14H17F3N2O/c15-14(16,17)6-5-12(18)10-4-3-9-2-1-7-19-13(20)11(9)8-10/h3-4,8,12H,1-2,5-7,18H2,(H,19,20). The SMILES string of the molecule is NC(CCC(F)(F)F)c1ccc2c(c1)C(=O)NCCC2. The third kappa shape index (κ3) is 3.72. The number of nitrogens with one attached hydrogen (secondary N) is 1. The maximum absolute atomic E-state index is 12.2. The molecule has 1 atom stereocenters. The summed E-state index contributed by atoms with van der Waals surface area (Å²) in [6, 6.07) is 4.43. The molecule has 1 aliphatic heterocycles. The van der Waals surface area contributed by atoms with Gasteiger partial charge < -0.3 is 11.1 Å². The average molecular weight is 286 g/mol. The smallest absolute Gasteiger partial charge is 0.352 e. The predicted molar refractivity (Wildman–Crippen MR) is 69.3 cm³/mol. The van der Waals surface area contributed by atoms with Gasteiger partial charge >= 0.3 is 6.18 Å². The summed E-state index contributed by atoms with van der Waals surface area (Å²) in [6.07, 6.45) is -3.66. The molecular formula is C14H17F3N2O. The number of fused-ring (bicyclic) bond motifs is 1. The summed E-state index contributed by atoms with van der Waals surface area (Å²) in [5.74, 6) is -0.178. The predicted octanol–water partition coefficient (Wildman–Crippen LogP) is 2.70. The Balaban J connectivity index is 2.15. The van der Waals surface area contributed by atoms with Crippen LogP contribution in [0.1, 0.15) is 46.8 Å². The highest BCUT2D eigenvalue weighted by Crippen LogP contribution is 2.27. The first-order valence-corrected chi connectivity index (χ1v) is 6.60. The van der Waals surface area contributed by atoms with Crippen LogP contribution in [0.4, 0.5) is 13.2 Å². The van der Waals surface area contributed by atoms with Gasteiger partial charge in [0.25, 0.3) is 5.91 Å². The van der Waals surface area contributed by atoms with Crippen molar-refractivity contribution in [3.63, 3.8) is 0 Å². The van der Waals surface area contributed by atoms with Crippen LogP contribution in [0, 0.1) is 0 Å². The number of hydrogen-bond acceptors (Lipinski definition) is 2. The average Bonchev–Trinajstić information content (AvgIpc) is 2.57. The van der Waals surface area contributed by atoms with Gasteiger partial charge in [-0.2, -0.15) is 13.2 Å². The van der Waals surface area contributed by atoms with Gasteiger partial charge in [-0.05, 0) is 36.5 Å². The van der Waals surface area contributed by atoms with Crippen LogP contribution in [0.25, 0.3) is 0 Å². The lowest BCUT2D eigenvalue weighted by molar-refractivity contribution is -0.136. The minimum absolute atomic E-state index is 0.177. The molecule has 1 heterocycles. The molecule has 2 rings (SSSR count). The topological polar surface area (TPSA) is 55.1 Å². The lowest BCUT2D eigenvalue weighted by Gasteiger charge is -2.15. The van der Waals surface area contributed by atoms with E-state index in [2.05, 4.69) is 5.32 Å². The Kier molecular flexibility index (Phi) is 4.32. The Morgan fingerprint density at radius 1 is 1.35 bits per heavy atom. The normalized spacial score (nSPS) is 17.1. The molecule has 3 nitrogen and oxygen atoms in total. The van der Waals surface area contributed by atoms with Crippen LogP contribution in [0.2, 0.25) is 0 Å². The Hall–Kier alpha value is -1.56. The minimum atomic E-state index is -4.21. The van der Waals surface area contributed by atoms with Crippen molar-refractivity contribution < 1.29 is 18.0 Å². The molecule has 0 aromatic heterocycles. The van der Waals surface area contributed by atoms with Gasteiger partial charge in [-0.15, -0.1) is 0 Å². The number of rotatable bonds is 3. The fourth-order valence-corrected chi connectivity index (χ4v) is 2.32. The van der Waals surface area contributed by atoms with Crippen molar-refractivity contribution in [3.05, 3.63) is 34.9 Å². The molecule has 1 unspecified atom stereocenters. The summed E-state index contributed by atoms with van der Waals surface area (Å²) in [4.78, 5) is 11.9. The second kappa shape index (κ2) is 5.83. The van der Waals surface area contributed by atoms with Crippen LogP contribution in [0.3, 0.4) is 0 Å². The van der Waals surface area contributed by atoms with Gasteiger partial charge in [0.15, 0.2) is 0 Å². The summed E-state index contributed by atoms with van der Waals surface area (Å²) in [5, 5.41) is 2.76. The van der Waals surface area contributed by atoms with Crippen LogP contribution in [-0.2, 0) is 6.42 Å². The number of amides is 1. The van der Waals surface area contributed by atoms with E-state index < -0.39 is 18.6 Å². The van der Waals surface area contributed by atoms with E-state index in [4.69, 9.17) is 5.73 Å². The molecule has 6 heteroatoms. The summed E-state index contributed by atoms with van der Waals surface area (Å²) in [5.41, 5.74) is 7.82. The third-order valence-corrected chi connectivity index (χ3v) is 3.45. The first kappa shape index (κ1) is 14.8. The Bertz CT molecular complexity index is 500. The molecule has 0 fully saturated rings. The van der Waals surface area contributed by atoms with E-state index in [1.165, 1.54) is 0 Å². The first-order valence-electron chi connectivity index (χ1n) is 6.60. The van der Waals surface area contributed by atoms with Crippen molar-refractivity contribution in [1.29, 1.82) is 0 Å². The maximum atomic E-state index is 12.2. The summed E-state index contributed by atoms with van der Waals surface area (Å²) in [6.45, 7) is 0.614. The molecule has 1 amide bonds. The van der Waals surface area contributed by atoms with Gasteiger partial charge in [0.2, 0.25) is 0 Å². The monoisotopic (exact) mass is 286 g/mol. The van der Waals surface area contributed by atoms with E-state index in [1.807, 2.05) is 0 Å². The molecule has 1 aromatic rings. The van der Waals surface area contributed by atoms with Crippen molar-refractivity contribution in [3.8, 4) is 0 Å². The molecule has 20 heavy (non-hydrogen) atoms. The summed E-state index contributed by atoms with van der Waals surface area (Å²) >= 11 is 0. The number of carbonyl (C=O) groups excluding carboxylic acids is 1. The van der Waals surface area contributed by atoms with E-state index in [1.54, 1.807) is 18.2 Å². The van der Waals surface area contributed by atoms with Crippen molar-refractivity contribution >= 4 is 5.91 Å². The molecule has 0 saturated carbocycles. The van der Waals surface area contributed by atoms with Crippen LogP contribution < -0.4 is 11.1 Å². The van der Waals surface area contributed by atoms with Crippen molar-refractivity contribution in [2.45, 2.75) is 37.9 Å². The van der Waals surface area contributed by atoms with E-state index >= 15 is 0 Å². The lowest BCUT2D eigenvalue weighted by Crippen LogP contribution is -2.23. The zero-order valence-electron chi connectivity index (χ0n) is 11.0. The largest absolute Gasteiger partial charge is 0.389 e. The van der Waals surface area contributed by atoms with Gasteiger partial charge in [0.05, 0.1) is 0 Å². The molecule has 0 saturated heterocycles. The van der Waals surface area contributed by atoms with Crippen LogP contribution in [0.15, 0.2) is 18.2 Å². The van der Waals surface area contributed by atoms with Gasteiger partial charge in [-0.3, -0.25) is 4.79 Å². The molecular weight excluding hydrogens is 269 g/mol. The van der Waals surface area contributed by atoms with E-state index in [0.717, 1.165) is 18.4 Å². The van der Waals surface area contributed by atoms with Crippen LogP contribution >= 0.6 is 0 Å². The van der Waals surface area contributed by atoms with E-state index in [9.17, 15) is 18.0 Å². The second-order valence-corrected chi connectivity index (χ2v) is 5.04. The highest BCUT2D eigenvalue weighted by Gasteiger charge is 2.28. The summed E-state index contributed by atoms with van der Waals surface area (Å²) in [7, 11) is 0. The molecule has 1 aromatic carbocycles. The second-order valence-electron chi connectivity index (χ2n) is 5.04. The quantitative estimate of drug-likeness (QED) is 0.897. The number of halogens is 3. The number of carbonyl (C=O) groups is 1. The zero-order valence-corrected chi connectivity index (χ0v) is 11.0. The van der Waals surface area contributed by atoms with Gasteiger partial charge in [0.1, 0.15) is 0 Å². The van der Waals surface area contributed by atoms with Crippen LogP contribution in [0.5, 0.6) is 0 Å². The van der Waals surface area contributed by atoms with E-state index in [-0.39, 0.29) is 12.3 Å². The lowest BCUT2D eigenvalue weighted by atomic mass is 9.96. The van der Waals surface area contributed by atoms with Crippen molar-refractivity contribution in [2.24, 2.45) is 5.73 Å². The number of nitrogens with two attached hydrogens (primary N) is 1. The molecule has 1 aliphatic rings. The third-order valence-electron chi connectivity index (χ3n) is 3.45. The highest BCUT2D eigenvalue weighted by molar-refractivity contribution is 5.96. The molecule has 0 radical (unpaired) electrons. The number of alkyl halides is 3. The Morgan fingerprint density at radius 2 is 2.10 bits per heavy atom. The van der Waals surface area contributed by atoms with E-state index in [0.29, 0.717) is 17.7 Å². The molecule has 0 bridgehead atoms. The highest BCUT2D eigenvalue weighted by atomic mass is 19.4. The molecule has 110 valence electrons. The van der Waals surface area contributed by atoms with Crippen LogP contribution in [-0.4, -0.2) is 18.6 Å². The summed E-state index contributed by atoms with van der Waals surface area (Å²) < 4.78 is 36.6. The number of benzene rings is 1. The van der Waals surface area contributed by atoms with Gasteiger partial charge in [0, 0.05) is 24.6 Å². The molecule has 0 aliphatic carbocycles. The van der Waals surface area contributed by atoms with Crippen molar-refractivity contribution in [2.75, 3.05) is 6.54 Å². The number of hydrogen-bond donors (Lipinski definition) is 2. The molecule has 3 N–H and O–H groups in total. The van der Waals surface area contributed by atoms with Crippen molar-refractivity contribution in [1.82, 2.24) is 5.32 Å².